The molecule has 0 radical (unpaired) electrons. The summed E-state index contributed by atoms with van der Waals surface area (Å²) < 4.78 is 9.87. The van der Waals surface area contributed by atoms with Crippen molar-refractivity contribution in [1.29, 1.82) is 0 Å². The third-order valence-corrected chi connectivity index (χ3v) is 2.29. The van der Waals surface area contributed by atoms with Gasteiger partial charge in [-0.2, -0.15) is 15.0 Å². The lowest BCUT2D eigenvalue weighted by Gasteiger charge is -2.10. The fourth-order valence-corrected chi connectivity index (χ4v) is 1.28. The molecule has 3 N–H and O–H groups in total. The molecule has 1 aromatic rings. The molecule has 0 unspecified atom stereocenters. The normalized spacial score (nSPS) is 10.1. The van der Waals surface area contributed by atoms with E-state index in [4.69, 9.17) is 9.47 Å². The third kappa shape index (κ3) is 6.59. The Balaban J connectivity index is 2.55. The van der Waals surface area contributed by atoms with Crippen molar-refractivity contribution in [3.63, 3.8) is 0 Å². The van der Waals surface area contributed by atoms with Gasteiger partial charge < -0.3 is 25.4 Å². The molecule has 9 nitrogen and oxygen atoms in total. The van der Waals surface area contributed by atoms with E-state index in [1.807, 2.05) is 0 Å². The molecule has 0 aromatic carbocycles. The zero-order chi connectivity index (χ0) is 15.7. The maximum Gasteiger partial charge on any atom is 0.406 e. The maximum atomic E-state index is 10.9. The summed E-state index contributed by atoms with van der Waals surface area (Å²) in [7, 11) is 2.99. The molecule has 0 spiro atoms. The first kappa shape index (κ1) is 16.7. The van der Waals surface area contributed by atoms with Gasteiger partial charge in [0.05, 0.1) is 13.7 Å². The van der Waals surface area contributed by atoms with Crippen molar-refractivity contribution in [2.75, 3.05) is 44.5 Å². The number of hydrogen-bond donors (Lipinski definition) is 3. The first-order chi connectivity index (χ1) is 10.0. The maximum absolute atomic E-state index is 10.9. The molecule has 0 aliphatic carbocycles. The lowest BCUT2D eigenvalue weighted by atomic mass is 10.2. The molecule has 1 amide bonds. The number of nitrogens with one attached hydrogen (secondary N) is 3. The highest BCUT2D eigenvalue weighted by Gasteiger charge is 2.07. The van der Waals surface area contributed by atoms with Crippen molar-refractivity contribution in [2.24, 2.45) is 5.92 Å². The van der Waals surface area contributed by atoms with Crippen molar-refractivity contribution in [1.82, 2.24) is 20.3 Å². The molecule has 0 saturated carbocycles. The molecule has 0 saturated heterocycles. The predicted octanol–water partition coefficient (Wildman–Crippen LogP) is 0.716. The second-order valence-corrected chi connectivity index (χ2v) is 4.56. The quantitative estimate of drug-likeness (QED) is 0.602. The van der Waals surface area contributed by atoms with Gasteiger partial charge in [0, 0.05) is 13.6 Å². The zero-order valence-corrected chi connectivity index (χ0v) is 12.8. The number of aromatic nitrogens is 3. The first-order valence-electron chi connectivity index (χ1n) is 6.67. The van der Waals surface area contributed by atoms with Crippen LogP contribution in [0.25, 0.3) is 0 Å². The number of nitrogens with zero attached hydrogens (tertiary/aromatic N) is 3. The second kappa shape index (κ2) is 8.77. The van der Waals surface area contributed by atoms with Gasteiger partial charge in [-0.25, -0.2) is 4.79 Å². The number of amides is 1. The number of rotatable bonds is 8. The number of anilines is 2. The van der Waals surface area contributed by atoms with Crippen LogP contribution in [0, 0.1) is 5.92 Å². The third-order valence-electron chi connectivity index (χ3n) is 2.29. The fraction of sp³-hybridized carbons (Fsp3) is 0.667. The van der Waals surface area contributed by atoms with E-state index in [0.29, 0.717) is 24.4 Å². The Bertz CT molecular complexity index is 455. The summed E-state index contributed by atoms with van der Waals surface area (Å²) in [4.78, 5) is 23.3. The molecule has 0 fully saturated rings. The Morgan fingerprint density at radius 3 is 2.43 bits per heavy atom. The van der Waals surface area contributed by atoms with E-state index in [0.717, 1.165) is 6.54 Å². The van der Waals surface area contributed by atoms with Crippen LogP contribution in [-0.2, 0) is 4.74 Å². The van der Waals surface area contributed by atoms with Crippen molar-refractivity contribution in [2.45, 2.75) is 13.8 Å². The standard InChI is InChI=1S/C12H22N6O3/c1-8(2)7-15-10-16-9(17-11(18-10)20-4)14-5-6-21-12(19)13-3/h8H,5-7H2,1-4H3,(H,13,19)(H2,14,15,16,17,18). The summed E-state index contributed by atoms with van der Waals surface area (Å²) in [6, 6.07) is 0.214. The van der Waals surface area contributed by atoms with E-state index in [9.17, 15) is 4.79 Å². The van der Waals surface area contributed by atoms with Crippen molar-refractivity contribution < 1.29 is 14.3 Å². The number of alkyl carbamates (subject to hydrolysis) is 1. The van der Waals surface area contributed by atoms with E-state index in [1.54, 1.807) is 0 Å². The molecule has 0 aliphatic heterocycles. The van der Waals surface area contributed by atoms with Crippen LogP contribution in [0.5, 0.6) is 6.01 Å². The fourth-order valence-electron chi connectivity index (χ4n) is 1.28. The van der Waals surface area contributed by atoms with Crippen LogP contribution in [0.4, 0.5) is 16.7 Å². The van der Waals surface area contributed by atoms with Gasteiger partial charge in [0.1, 0.15) is 6.61 Å². The summed E-state index contributed by atoms with van der Waals surface area (Å²) >= 11 is 0. The Kier molecular flexibility index (Phi) is 6.99. The van der Waals surface area contributed by atoms with Crippen molar-refractivity contribution >= 4 is 18.0 Å². The molecule has 1 heterocycles. The van der Waals surface area contributed by atoms with Crippen LogP contribution < -0.4 is 20.7 Å². The Labute approximate surface area is 123 Å². The lowest BCUT2D eigenvalue weighted by Crippen LogP contribution is -2.23. The highest BCUT2D eigenvalue weighted by atomic mass is 16.5. The Morgan fingerprint density at radius 1 is 1.19 bits per heavy atom. The average molecular weight is 298 g/mol. The van der Waals surface area contributed by atoms with Crippen LogP contribution in [-0.4, -0.2) is 54.9 Å². The summed E-state index contributed by atoms with van der Waals surface area (Å²) in [5, 5.41) is 8.40. The number of carbonyl (C=O) groups excluding carboxylic acids is 1. The van der Waals surface area contributed by atoms with E-state index in [1.165, 1.54) is 14.2 Å². The van der Waals surface area contributed by atoms with Gasteiger partial charge in [0.25, 0.3) is 0 Å². The zero-order valence-electron chi connectivity index (χ0n) is 12.8. The predicted molar refractivity (Wildman–Crippen MR) is 78.6 cm³/mol. The molecule has 0 bridgehead atoms. The van der Waals surface area contributed by atoms with Gasteiger partial charge in [-0.15, -0.1) is 0 Å². The largest absolute Gasteiger partial charge is 0.467 e. The highest BCUT2D eigenvalue weighted by molar-refractivity contribution is 5.66. The molecule has 0 atom stereocenters. The Hall–Kier alpha value is -2.32. The average Bonchev–Trinajstić information content (AvgIpc) is 2.49. The summed E-state index contributed by atoms with van der Waals surface area (Å²) in [6.07, 6.45) is -0.482. The summed E-state index contributed by atoms with van der Waals surface area (Å²) in [5.41, 5.74) is 0. The Morgan fingerprint density at radius 2 is 1.86 bits per heavy atom. The van der Waals surface area contributed by atoms with Crippen LogP contribution >= 0.6 is 0 Å². The molecular weight excluding hydrogens is 276 g/mol. The number of methoxy groups -OCH3 is 1. The molecule has 0 aliphatic rings. The highest BCUT2D eigenvalue weighted by Crippen LogP contribution is 2.10. The summed E-state index contributed by atoms with van der Waals surface area (Å²) in [5.74, 6) is 1.25. The van der Waals surface area contributed by atoms with Crippen molar-refractivity contribution in [3.05, 3.63) is 0 Å². The van der Waals surface area contributed by atoms with Crippen molar-refractivity contribution in [3.8, 4) is 6.01 Å². The lowest BCUT2D eigenvalue weighted by molar-refractivity contribution is 0.153. The van der Waals surface area contributed by atoms with Gasteiger partial charge in [-0.1, -0.05) is 13.8 Å². The van der Waals surface area contributed by atoms with Crippen LogP contribution in [0.1, 0.15) is 13.8 Å². The van der Waals surface area contributed by atoms with E-state index in [-0.39, 0.29) is 12.6 Å². The minimum absolute atomic E-state index is 0.197. The SMILES string of the molecule is CNC(=O)OCCNc1nc(NCC(C)C)nc(OC)n1. The van der Waals surface area contributed by atoms with E-state index in [2.05, 4.69) is 44.7 Å². The van der Waals surface area contributed by atoms with Crippen LogP contribution in [0.2, 0.25) is 0 Å². The first-order valence-corrected chi connectivity index (χ1v) is 6.67. The minimum Gasteiger partial charge on any atom is -0.467 e. The van der Waals surface area contributed by atoms with Gasteiger partial charge >= 0.3 is 12.1 Å². The number of carbonyl (C=O) groups is 1. The van der Waals surface area contributed by atoms with Gasteiger partial charge in [-0.05, 0) is 5.92 Å². The molecule has 21 heavy (non-hydrogen) atoms. The smallest absolute Gasteiger partial charge is 0.406 e. The van der Waals surface area contributed by atoms with E-state index < -0.39 is 6.09 Å². The molecule has 1 aromatic heterocycles. The number of ether oxygens (including phenoxy) is 2. The van der Waals surface area contributed by atoms with E-state index >= 15 is 0 Å². The number of hydrogen-bond acceptors (Lipinski definition) is 8. The molecule has 9 heteroatoms. The topological polar surface area (TPSA) is 110 Å². The summed E-state index contributed by atoms with van der Waals surface area (Å²) in [6.45, 7) is 5.49. The van der Waals surface area contributed by atoms with Crippen LogP contribution in [0.3, 0.4) is 0 Å². The second-order valence-electron chi connectivity index (χ2n) is 4.56. The molecular formula is C12H22N6O3. The van der Waals surface area contributed by atoms with Crippen LogP contribution in [0.15, 0.2) is 0 Å². The minimum atomic E-state index is -0.482. The monoisotopic (exact) mass is 298 g/mol. The van der Waals surface area contributed by atoms with Gasteiger partial charge in [0.2, 0.25) is 11.9 Å². The van der Waals surface area contributed by atoms with Gasteiger partial charge in [0.15, 0.2) is 0 Å². The van der Waals surface area contributed by atoms with Gasteiger partial charge in [-0.3, -0.25) is 0 Å². The molecule has 118 valence electrons. The molecule has 1 rings (SSSR count).